The standard InChI is InChI=1S/2C30H28Cl3N3O2.C25H28ClN3O2S/c2*31-22-11-6-7-19(16-22)15-21-10-4-5-12-24-28(30(38)34-26(18-37)20-8-2-1-3-9-20)35-36(29(21)24)27-14-13-23(32)17-25(27)33;1-18(20-9-3-2-4-10-20)29-32(30,31)15-14-24-23-13-6-5-11-21(25(23)28-27-24)16-19-8-7-12-22(26)17-19/h2*1-3,6-9,11,13-14,16-17,21,26,37H,4-5,10,12,15,18H2,(H,34,38);2-4,7-10,12,14-15,17-18,21,29H,5-6,11,13,16H2,1H3,(H,27,28)/b;;15-14+/t21-,26+;21-,26-;18-,21?/m010/s1. The SMILES string of the molecule is C[C@H](NS(=O)(=O)/C=C/c1n[nH]c2c1CCCCC2Cc1cccc(Cl)c1)c1ccccc1.O=C(N[C@H](CO)c1ccccc1)c1nn(-c2ccc(Cl)cc2Cl)c2c1CCCC[C@@H]2Cc1cccc(Cl)c1.O=C(N[C@H](CO)c1ccccc1)c1nn(-c2ccc(Cl)cc2Cl)c2c1CCCC[C@H]2Cc1cccc(Cl)c1. The Kier molecular flexibility index (Phi) is 27.6. The molecule has 0 saturated heterocycles. The topological polar surface area (TPSA) is 209 Å². The number of nitrogens with zero attached hydrogens (tertiary/aromatic N) is 5. The maximum atomic E-state index is 13.7. The van der Waals surface area contributed by atoms with Crippen molar-refractivity contribution in [3.63, 3.8) is 0 Å². The molecule has 0 saturated carbocycles. The Morgan fingerprint density at radius 2 is 0.880 bits per heavy atom. The zero-order chi connectivity index (χ0) is 75.8. The molecule has 3 heterocycles. The number of fused-ring (bicyclic) bond motifs is 3. The van der Waals surface area contributed by atoms with Crippen LogP contribution in [0.25, 0.3) is 17.5 Å². The summed E-state index contributed by atoms with van der Waals surface area (Å²) in [6.07, 6.45) is 15.5. The second-order valence-electron chi connectivity index (χ2n) is 27.6. The number of aromatic amines is 1. The molecule has 0 aliphatic heterocycles. The third-order valence-corrected chi connectivity index (χ3v) is 23.0. The van der Waals surface area contributed by atoms with E-state index in [0.29, 0.717) is 64.5 Å². The Bertz CT molecular complexity index is 4840. The van der Waals surface area contributed by atoms with Crippen molar-refractivity contribution in [2.24, 2.45) is 0 Å². The smallest absolute Gasteiger partial charge is 0.272 e. The second-order valence-corrected chi connectivity index (χ2v) is 32.2. The number of carbonyl (C=O) groups is 2. The highest BCUT2D eigenvalue weighted by Crippen LogP contribution is 2.42. The van der Waals surface area contributed by atoms with Crippen molar-refractivity contribution >= 4 is 109 Å². The molecular formula is C85H84Cl7N9O6S. The summed E-state index contributed by atoms with van der Waals surface area (Å²) in [7, 11) is -3.61. The van der Waals surface area contributed by atoms with E-state index in [1.165, 1.54) is 11.0 Å². The van der Waals surface area contributed by atoms with E-state index >= 15 is 0 Å². The maximum absolute atomic E-state index is 13.7. The van der Waals surface area contributed by atoms with Gasteiger partial charge in [-0.1, -0.05) is 228 Å². The Morgan fingerprint density at radius 3 is 1.29 bits per heavy atom. The van der Waals surface area contributed by atoms with Gasteiger partial charge in [-0.3, -0.25) is 14.7 Å². The number of halogens is 7. The molecule has 0 bridgehead atoms. The number of sulfonamides is 1. The highest BCUT2D eigenvalue weighted by Gasteiger charge is 2.35. The molecule has 6 atom stereocenters. The first kappa shape index (κ1) is 79.5. The summed E-state index contributed by atoms with van der Waals surface area (Å²) in [6.45, 7) is 1.39. The molecule has 2 amide bonds. The van der Waals surface area contributed by atoms with E-state index in [1.54, 1.807) is 30.3 Å². The lowest BCUT2D eigenvalue weighted by molar-refractivity contribution is 0.0902. The summed E-state index contributed by atoms with van der Waals surface area (Å²) in [6, 6.07) is 61.3. The number of aromatic nitrogens is 6. The predicted octanol–water partition coefficient (Wildman–Crippen LogP) is 20.5. The average Bonchev–Trinajstić information content (AvgIpc) is 1.61. The number of H-pyrrole nitrogens is 1. The number of nitrogens with one attached hydrogen (secondary N) is 4. The molecule has 3 aromatic heterocycles. The van der Waals surface area contributed by atoms with Crippen molar-refractivity contribution in [2.75, 3.05) is 13.2 Å². The monoisotopic (exact) mass is 1600 g/mol. The molecule has 8 aromatic carbocycles. The summed E-state index contributed by atoms with van der Waals surface area (Å²) in [5, 5.41) is 48.8. The summed E-state index contributed by atoms with van der Waals surface area (Å²) in [5.74, 6) is -0.120. The second kappa shape index (κ2) is 37.6. The molecule has 0 radical (unpaired) electrons. The number of aliphatic hydroxyl groups excluding tert-OH is 2. The van der Waals surface area contributed by atoms with Crippen molar-refractivity contribution < 1.29 is 28.2 Å². The lowest BCUT2D eigenvalue weighted by Gasteiger charge is -2.19. The maximum Gasteiger partial charge on any atom is 0.272 e. The van der Waals surface area contributed by atoms with Crippen LogP contribution in [0.4, 0.5) is 0 Å². The molecular weight excluding hydrogens is 1520 g/mol. The summed E-state index contributed by atoms with van der Waals surface area (Å²) < 4.78 is 31.6. The summed E-state index contributed by atoms with van der Waals surface area (Å²) in [4.78, 5) is 27.4. The van der Waals surface area contributed by atoms with Crippen LogP contribution in [0.2, 0.25) is 35.2 Å². The van der Waals surface area contributed by atoms with E-state index in [-0.39, 0.29) is 42.9 Å². The zero-order valence-corrected chi connectivity index (χ0v) is 65.6. The van der Waals surface area contributed by atoms with Crippen LogP contribution in [0, 0.1) is 0 Å². The average molecular weight is 1610 g/mol. The normalized spacial score (nSPS) is 16.5. The Labute approximate surface area is 666 Å². The van der Waals surface area contributed by atoms with Gasteiger partial charge in [-0.05, 0) is 196 Å². The predicted molar refractivity (Wildman–Crippen MR) is 436 cm³/mol. The number of carbonyl (C=O) groups excluding carboxylic acids is 2. The molecule has 3 aliphatic carbocycles. The first-order chi connectivity index (χ1) is 52.3. The summed E-state index contributed by atoms with van der Waals surface area (Å²) >= 11 is 44.5. The number of hydrogen-bond acceptors (Lipinski definition) is 9. The minimum atomic E-state index is -3.61. The van der Waals surface area contributed by atoms with Crippen LogP contribution in [-0.2, 0) is 48.5 Å². The van der Waals surface area contributed by atoms with Gasteiger partial charge >= 0.3 is 0 Å². The van der Waals surface area contributed by atoms with Gasteiger partial charge in [0.05, 0.1) is 63.8 Å². The van der Waals surface area contributed by atoms with E-state index < -0.39 is 22.1 Å². The van der Waals surface area contributed by atoms with E-state index in [9.17, 15) is 28.2 Å². The van der Waals surface area contributed by atoms with Gasteiger partial charge in [0.1, 0.15) is 0 Å². The van der Waals surface area contributed by atoms with Gasteiger partial charge in [-0.25, -0.2) is 22.5 Å². The van der Waals surface area contributed by atoms with Gasteiger partial charge in [0.2, 0.25) is 10.0 Å². The minimum Gasteiger partial charge on any atom is -0.394 e. The van der Waals surface area contributed by atoms with Gasteiger partial charge < -0.3 is 20.8 Å². The van der Waals surface area contributed by atoms with Crippen LogP contribution >= 0.6 is 81.2 Å². The first-order valence-corrected chi connectivity index (χ1v) is 40.6. The molecule has 15 nitrogen and oxygen atoms in total. The van der Waals surface area contributed by atoms with Gasteiger partial charge in [0.15, 0.2) is 11.4 Å². The van der Waals surface area contributed by atoms with E-state index in [0.717, 1.165) is 163 Å². The van der Waals surface area contributed by atoms with Crippen molar-refractivity contribution in [3.05, 3.63) is 325 Å². The van der Waals surface area contributed by atoms with Crippen LogP contribution in [0.1, 0.15) is 194 Å². The molecule has 23 heteroatoms. The van der Waals surface area contributed by atoms with E-state index in [1.807, 2.05) is 174 Å². The highest BCUT2D eigenvalue weighted by atomic mass is 35.5. The molecule has 0 fully saturated rings. The van der Waals surface area contributed by atoms with Crippen molar-refractivity contribution in [1.82, 2.24) is 45.1 Å². The van der Waals surface area contributed by atoms with Gasteiger partial charge in [-0.15, -0.1) is 0 Å². The lowest BCUT2D eigenvalue weighted by Crippen LogP contribution is -2.31. The number of benzene rings is 8. The number of rotatable bonds is 21. The molecule has 1 unspecified atom stereocenters. The van der Waals surface area contributed by atoms with E-state index in [2.05, 4.69) is 43.8 Å². The van der Waals surface area contributed by atoms with Gasteiger partial charge in [0.25, 0.3) is 11.8 Å². The molecule has 560 valence electrons. The molecule has 14 rings (SSSR count). The Hall–Kier alpha value is -8.07. The highest BCUT2D eigenvalue weighted by molar-refractivity contribution is 7.92. The Morgan fingerprint density at radius 1 is 0.491 bits per heavy atom. The minimum absolute atomic E-state index is 0.106. The Balaban J connectivity index is 0.000000152. The fourth-order valence-electron chi connectivity index (χ4n) is 14.9. The van der Waals surface area contributed by atoms with Crippen LogP contribution < -0.4 is 15.4 Å². The number of hydrogen-bond donors (Lipinski definition) is 6. The van der Waals surface area contributed by atoms with Crippen LogP contribution in [0.5, 0.6) is 0 Å². The molecule has 11 aromatic rings. The number of amides is 2. The zero-order valence-electron chi connectivity index (χ0n) is 59.5. The van der Waals surface area contributed by atoms with Crippen molar-refractivity contribution in [3.8, 4) is 11.4 Å². The van der Waals surface area contributed by atoms with Gasteiger partial charge in [0, 0.05) is 76.7 Å². The molecule has 6 N–H and O–H groups in total. The fourth-order valence-corrected chi connectivity index (χ4v) is 17.5. The van der Waals surface area contributed by atoms with Crippen LogP contribution in [0.3, 0.4) is 0 Å². The largest absolute Gasteiger partial charge is 0.394 e. The van der Waals surface area contributed by atoms with Crippen LogP contribution in [-0.4, -0.2) is 73.4 Å². The van der Waals surface area contributed by atoms with E-state index in [4.69, 9.17) is 91.4 Å². The number of aliphatic hydroxyl groups is 2. The third-order valence-electron chi connectivity index (χ3n) is 20.1. The molecule has 108 heavy (non-hydrogen) atoms. The first-order valence-electron chi connectivity index (χ1n) is 36.4. The van der Waals surface area contributed by atoms with Crippen LogP contribution in [0.15, 0.2) is 206 Å². The summed E-state index contributed by atoms with van der Waals surface area (Å²) in [5.41, 5.74) is 14.8. The van der Waals surface area contributed by atoms with Crippen molar-refractivity contribution in [2.45, 2.75) is 139 Å². The lowest BCUT2D eigenvalue weighted by atomic mass is 9.91. The van der Waals surface area contributed by atoms with Gasteiger partial charge in [-0.2, -0.15) is 15.3 Å². The molecule has 0 spiro atoms. The van der Waals surface area contributed by atoms with Crippen molar-refractivity contribution in [1.29, 1.82) is 0 Å². The molecule has 3 aliphatic rings. The fraction of sp³-hybridized carbons (Fsp3) is 0.282. The third kappa shape index (κ3) is 20.3. The quantitative estimate of drug-likeness (QED) is 0.0378.